The number of hydrogen-bond acceptors (Lipinski definition) is 3. The molecular weight excluding hydrogens is 231 g/mol. The number of nitrogens with zero attached hydrogens (tertiary/aromatic N) is 1. The van der Waals surface area contributed by atoms with E-state index in [9.17, 15) is 4.39 Å². The summed E-state index contributed by atoms with van der Waals surface area (Å²) in [6.07, 6.45) is 1.07. The molecule has 0 aliphatic carbocycles. The second-order valence-electron chi connectivity index (χ2n) is 5.07. The van der Waals surface area contributed by atoms with Gasteiger partial charge in [-0.2, -0.15) is 0 Å². The zero-order valence-corrected chi connectivity index (χ0v) is 10.8. The average Bonchev–Trinajstić information content (AvgIpc) is 2.36. The van der Waals surface area contributed by atoms with Crippen molar-refractivity contribution in [1.82, 2.24) is 5.32 Å². The number of piperidine rings is 1. The van der Waals surface area contributed by atoms with Gasteiger partial charge in [0, 0.05) is 25.7 Å². The van der Waals surface area contributed by atoms with Gasteiger partial charge in [0.25, 0.3) is 0 Å². The molecule has 1 aliphatic rings. The average molecular weight is 252 g/mol. The van der Waals surface area contributed by atoms with Crippen LogP contribution in [0.4, 0.5) is 10.1 Å². The maximum absolute atomic E-state index is 13.8. The van der Waals surface area contributed by atoms with Crippen LogP contribution in [0.5, 0.6) is 0 Å². The molecule has 0 aromatic heterocycles. The summed E-state index contributed by atoms with van der Waals surface area (Å²) in [5, 5.41) is 12.2. The predicted octanol–water partition coefficient (Wildman–Crippen LogP) is 1.62. The van der Waals surface area contributed by atoms with Gasteiger partial charge < -0.3 is 15.3 Å². The lowest BCUT2D eigenvalue weighted by Crippen LogP contribution is -2.49. The molecule has 1 aliphatic heterocycles. The Bertz CT molecular complexity index is 386. The smallest absolute Gasteiger partial charge is 0.146 e. The molecule has 2 unspecified atom stereocenters. The third-order valence-electron chi connectivity index (χ3n) is 3.40. The number of aliphatic hydroxyl groups excluding tert-OH is 1. The molecule has 4 heteroatoms. The van der Waals surface area contributed by atoms with Crippen LogP contribution in [0, 0.1) is 11.7 Å². The first kappa shape index (κ1) is 13.3. The van der Waals surface area contributed by atoms with Crippen LogP contribution >= 0.6 is 0 Å². The zero-order valence-electron chi connectivity index (χ0n) is 10.8. The third kappa shape index (κ3) is 3.21. The first-order valence-corrected chi connectivity index (χ1v) is 6.54. The Hall–Kier alpha value is -1.13. The molecule has 2 atom stereocenters. The van der Waals surface area contributed by atoms with Gasteiger partial charge in [-0.05, 0) is 24.5 Å². The lowest BCUT2D eigenvalue weighted by Gasteiger charge is -2.38. The van der Waals surface area contributed by atoms with Crippen LogP contribution in [0.1, 0.15) is 13.3 Å². The highest BCUT2D eigenvalue weighted by molar-refractivity contribution is 5.48. The van der Waals surface area contributed by atoms with Crippen LogP contribution in [0.2, 0.25) is 0 Å². The molecule has 3 nitrogen and oxygen atoms in total. The standard InChI is InChI=1S/C14H21FN2O/c1-11-8-12(16-6-7-18)10-17(9-11)14-5-3-2-4-13(14)15/h2-5,11-12,16,18H,6-10H2,1H3. The monoisotopic (exact) mass is 252 g/mol. The molecule has 1 aromatic carbocycles. The van der Waals surface area contributed by atoms with Crippen molar-refractivity contribution >= 4 is 5.69 Å². The Morgan fingerprint density at radius 3 is 2.89 bits per heavy atom. The van der Waals surface area contributed by atoms with Crippen molar-refractivity contribution in [2.24, 2.45) is 5.92 Å². The minimum atomic E-state index is -0.160. The first-order valence-electron chi connectivity index (χ1n) is 6.54. The van der Waals surface area contributed by atoms with Crippen molar-refractivity contribution in [1.29, 1.82) is 0 Å². The van der Waals surface area contributed by atoms with Gasteiger partial charge >= 0.3 is 0 Å². The first-order chi connectivity index (χ1) is 8.70. The summed E-state index contributed by atoms with van der Waals surface area (Å²) in [4.78, 5) is 2.10. The number of hydrogen-bond donors (Lipinski definition) is 2. The van der Waals surface area contributed by atoms with E-state index in [2.05, 4.69) is 17.1 Å². The Morgan fingerprint density at radius 1 is 1.39 bits per heavy atom. The molecule has 2 N–H and O–H groups in total. The summed E-state index contributed by atoms with van der Waals surface area (Å²) in [5.74, 6) is 0.363. The second-order valence-corrected chi connectivity index (χ2v) is 5.07. The van der Waals surface area contributed by atoms with Gasteiger partial charge in [-0.3, -0.25) is 0 Å². The molecule has 18 heavy (non-hydrogen) atoms. The van der Waals surface area contributed by atoms with Crippen LogP contribution in [0.3, 0.4) is 0 Å². The topological polar surface area (TPSA) is 35.5 Å². The van der Waals surface area contributed by atoms with E-state index in [1.165, 1.54) is 6.07 Å². The molecule has 1 fully saturated rings. The SMILES string of the molecule is CC1CC(NCCO)CN(c2ccccc2F)C1. The van der Waals surface area contributed by atoms with Crippen molar-refractivity contribution in [3.63, 3.8) is 0 Å². The number of nitrogens with one attached hydrogen (secondary N) is 1. The molecule has 1 saturated heterocycles. The fourth-order valence-corrected chi connectivity index (χ4v) is 2.67. The highest BCUT2D eigenvalue weighted by atomic mass is 19.1. The van der Waals surface area contributed by atoms with E-state index in [4.69, 9.17) is 5.11 Å². The number of para-hydroxylation sites is 1. The summed E-state index contributed by atoms with van der Waals surface area (Å²) >= 11 is 0. The maximum atomic E-state index is 13.8. The van der Waals surface area contributed by atoms with Crippen LogP contribution in [-0.4, -0.2) is 37.4 Å². The molecule has 0 bridgehead atoms. The Kier molecular flexibility index (Phi) is 4.55. The minimum absolute atomic E-state index is 0.143. The van der Waals surface area contributed by atoms with Gasteiger partial charge in [0.05, 0.1) is 12.3 Å². The van der Waals surface area contributed by atoms with Gasteiger partial charge in [-0.25, -0.2) is 4.39 Å². The van der Waals surface area contributed by atoms with E-state index >= 15 is 0 Å². The Morgan fingerprint density at radius 2 is 2.17 bits per heavy atom. The number of aliphatic hydroxyl groups is 1. The van der Waals surface area contributed by atoms with Crippen LogP contribution in [0.15, 0.2) is 24.3 Å². The number of halogens is 1. The molecule has 0 saturated carbocycles. The number of rotatable bonds is 4. The van der Waals surface area contributed by atoms with E-state index in [1.807, 2.05) is 12.1 Å². The molecule has 2 rings (SSSR count). The molecular formula is C14H21FN2O. The normalized spacial score (nSPS) is 24.3. The molecule has 100 valence electrons. The lowest BCUT2D eigenvalue weighted by molar-refractivity contribution is 0.269. The summed E-state index contributed by atoms with van der Waals surface area (Å²) in [6, 6.07) is 7.24. The van der Waals surface area contributed by atoms with Crippen molar-refractivity contribution in [2.45, 2.75) is 19.4 Å². The van der Waals surface area contributed by atoms with E-state index in [0.717, 1.165) is 19.5 Å². The highest BCUT2D eigenvalue weighted by Crippen LogP contribution is 2.25. The van der Waals surface area contributed by atoms with Gasteiger partial charge in [0.2, 0.25) is 0 Å². The van der Waals surface area contributed by atoms with Gasteiger partial charge in [0.15, 0.2) is 0 Å². The summed E-state index contributed by atoms with van der Waals surface area (Å²) in [7, 11) is 0. The highest BCUT2D eigenvalue weighted by Gasteiger charge is 2.25. The molecule has 0 radical (unpaired) electrons. The predicted molar refractivity (Wildman–Crippen MR) is 71.3 cm³/mol. The Labute approximate surface area is 108 Å². The van der Waals surface area contributed by atoms with E-state index < -0.39 is 0 Å². The van der Waals surface area contributed by atoms with Crippen LogP contribution in [0.25, 0.3) is 0 Å². The number of anilines is 1. The lowest BCUT2D eigenvalue weighted by atomic mass is 9.95. The van der Waals surface area contributed by atoms with E-state index in [1.54, 1.807) is 6.07 Å². The van der Waals surface area contributed by atoms with Gasteiger partial charge in [0.1, 0.15) is 5.82 Å². The van der Waals surface area contributed by atoms with Crippen molar-refractivity contribution in [3.05, 3.63) is 30.1 Å². The second kappa shape index (κ2) is 6.16. The van der Waals surface area contributed by atoms with Crippen LogP contribution < -0.4 is 10.2 Å². The quantitative estimate of drug-likeness (QED) is 0.855. The zero-order chi connectivity index (χ0) is 13.0. The van der Waals surface area contributed by atoms with E-state index in [0.29, 0.717) is 24.2 Å². The van der Waals surface area contributed by atoms with Crippen molar-refractivity contribution in [3.8, 4) is 0 Å². The van der Waals surface area contributed by atoms with Gasteiger partial charge in [-0.1, -0.05) is 19.1 Å². The van der Waals surface area contributed by atoms with Crippen molar-refractivity contribution in [2.75, 3.05) is 31.1 Å². The minimum Gasteiger partial charge on any atom is -0.395 e. The Balaban J connectivity index is 2.06. The largest absolute Gasteiger partial charge is 0.395 e. The maximum Gasteiger partial charge on any atom is 0.146 e. The summed E-state index contributed by atoms with van der Waals surface area (Å²) < 4.78 is 13.8. The molecule has 0 amide bonds. The molecule has 1 aromatic rings. The fraction of sp³-hybridized carbons (Fsp3) is 0.571. The fourth-order valence-electron chi connectivity index (χ4n) is 2.67. The number of benzene rings is 1. The van der Waals surface area contributed by atoms with Crippen molar-refractivity contribution < 1.29 is 9.50 Å². The summed E-state index contributed by atoms with van der Waals surface area (Å²) in [5.41, 5.74) is 0.680. The summed E-state index contributed by atoms with van der Waals surface area (Å²) in [6.45, 7) is 4.61. The van der Waals surface area contributed by atoms with E-state index in [-0.39, 0.29) is 12.4 Å². The molecule has 1 heterocycles. The van der Waals surface area contributed by atoms with Gasteiger partial charge in [-0.15, -0.1) is 0 Å². The third-order valence-corrected chi connectivity index (χ3v) is 3.40. The molecule has 0 spiro atoms. The van der Waals surface area contributed by atoms with Crippen LogP contribution in [-0.2, 0) is 0 Å².